The number of aromatic nitrogens is 2. The van der Waals surface area contributed by atoms with E-state index in [2.05, 4.69) is 20.2 Å². The van der Waals surface area contributed by atoms with E-state index in [1.807, 2.05) is 0 Å². The van der Waals surface area contributed by atoms with Crippen molar-refractivity contribution in [2.75, 3.05) is 39.9 Å². The van der Waals surface area contributed by atoms with Crippen LogP contribution in [0.2, 0.25) is 0 Å². The van der Waals surface area contributed by atoms with Crippen LogP contribution in [0.5, 0.6) is 0 Å². The van der Waals surface area contributed by atoms with Crippen LogP contribution in [0.15, 0.2) is 12.3 Å². The predicted octanol–water partition coefficient (Wildman–Crippen LogP) is 0.498. The fourth-order valence-electron chi connectivity index (χ4n) is 5.42. The second-order valence-electron chi connectivity index (χ2n) is 8.39. The molecule has 3 saturated heterocycles. The fraction of sp³-hybridized carbons (Fsp3) is 0.750. The number of aryl methyl sites for hydroxylation is 1. The van der Waals surface area contributed by atoms with Gasteiger partial charge in [0, 0.05) is 59.0 Å². The maximum Gasteiger partial charge on any atom is 0.269 e. The second kappa shape index (κ2) is 8.21. The van der Waals surface area contributed by atoms with Gasteiger partial charge in [0.05, 0.1) is 12.6 Å². The summed E-state index contributed by atoms with van der Waals surface area (Å²) >= 11 is 0. The van der Waals surface area contributed by atoms with Crippen LogP contribution < -0.4 is 5.32 Å². The average molecular weight is 390 g/mol. The van der Waals surface area contributed by atoms with Gasteiger partial charge in [0.1, 0.15) is 5.69 Å². The van der Waals surface area contributed by atoms with E-state index < -0.39 is 0 Å². The summed E-state index contributed by atoms with van der Waals surface area (Å²) in [6.45, 7) is 4.17. The zero-order chi connectivity index (χ0) is 19.7. The topological polar surface area (TPSA) is 79.7 Å². The average Bonchev–Trinajstić information content (AvgIpc) is 3.12. The Kier molecular flexibility index (Phi) is 5.68. The van der Waals surface area contributed by atoms with Gasteiger partial charge in [0.15, 0.2) is 0 Å². The molecule has 8 nitrogen and oxygen atoms in total. The Labute approximate surface area is 166 Å². The van der Waals surface area contributed by atoms with Crippen LogP contribution in [0.25, 0.3) is 0 Å². The van der Waals surface area contributed by atoms with Crippen LogP contribution in [-0.4, -0.2) is 83.4 Å². The van der Waals surface area contributed by atoms with Crippen molar-refractivity contribution in [3.05, 3.63) is 18.0 Å². The molecule has 0 saturated carbocycles. The first-order valence-corrected chi connectivity index (χ1v) is 10.4. The van der Waals surface area contributed by atoms with Crippen LogP contribution in [0.4, 0.5) is 0 Å². The molecular weight excluding hydrogens is 358 g/mol. The van der Waals surface area contributed by atoms with Crippen molar-refractivity contribution >= 4 is 11.8 Å². The molecule has 3 aliphatic heterocycles. The zero-order valence-electron chi connectivity index (χ0n) is 16.8. The summed E-state index contributed by atoms with van der Waals surface area (Å²) in [4.78, 5) is 30.0. The minimum Gasteiger partial charge on any atom is -0.383 e. The Morgan fingerprint density at radius 3 is 2.93 bits per heavy atom. The Hall–Kier alpha value is -1.93. The first kappa shape index (κ1) is 19.4. The number of likely N-dealkylation sites (tertiary alicyclic amines) is 1. The van der Waals surface area contributed by atoms with E-state index in [1.54, 1.807) is 31.1 Å². The van der Waals surface area contributed by atoms with Gasteiger partial charge in [0.2, 0.25) is 5.91 Å². The first-order valence-electron chi connectivity index (χ1n) is 10.4. The van der Waals surface area contributed by atoms with E-state index in [4.69, 9.17) is 4.74 Å². The second-order valence-corrected chi connectivity index (χ2v) is 8.39. The summed E-state index contributed by atoms with van der Waals surface area (Å²) in [6, 6.07) is 2.09. The minimum absolute atomic E-state index is 0.0663. The van der Waals surface area contributed by atoms with Crippen molar-refractivity contribution in [1.29, 1.82) is 0 Å². The molecule has 28 heavy (non-hydrogen) atoms. The lowest BCUT2D eigenvalue weighted by Gasteiger charge is -2.56. The highest BCUT2D eigenvalue weighted by Crippen LogP contribution is 2.41. The molecular formula is C20H31N5O3. The van der Waals surface area contributed by atoms with Gasteiger partial charge >= 0.3 is 0 Å². The smallest absolute Gasteiger partial charge is 0.269 e. The summed E-state index contributed by atoms with van der Waals surface area (Å²) in [7, 11) is 3.50. The summed E-state index contributed by atoms with van der Waals surface area (Å²) < 4.78 is 6.85. The lowest BCUT2D eigenvalue weighted by Crippen LogP contribution is -2.67. The number of rotatable bonds is 6. The van der Waals surface area contributed by atoms with E-state index in [1.165, 1.54) is 0 Å². The third kappa shape index (κ3) is 3.67. The third-order valence-electron chi connectivity index (χ3n) is 6.71. The Bertz CT molecular complexity index is 720. The number of ether oxygens (including phenoxy) is 1. The molecule has 4 rings (SSSR count). The highest BCUT2D eigenvalue weighted by Gasteiger charge is 2.49. The van der Waals surface area contributed by atoms with Crippen molar-refractivity contribution in [2.45, 2.75) is 37.8 Å². The number of carbonyl (C=O) groups excluding carboxylic acids is 2. The SMILES string of the molecule is COCCN1C[C@H]2C[C@@H](C1)[C@H](CNC(=O)c1ccnn1C)N1C(=O)CCC[C@@H]21. The van der Waals surface area contributed by atoms with Gasteiger partial charge in [-0.3, -0.25) is 14.3 Å². The van der Waals surface area contributed by atoms with Gasteiger partial charge < -0.3 is 19.9 Å². The van der Waals surface area contributed by atoms with E-state index in [9.17, 15) is 9.59 Å². The zero-order valence-corrected chi connectivity index (χ0v) is 16.8. The number of nitrogens with one attached hydrogen (secondary N) is 1. The summed E-state index contributed by atoms with van der Waals surface area (Å²) in [5, 5.41) is 7.15. The number of fused-ring (bicyclic) bond motifs is 4. The maximum atomic E-state index is 12.8. The van der Waals surface area contributed by atoms with Crippen molar-refractivity contribution in [3.8, 4) is 0 Å². The summed E-state index contributed by atoms with van der Waals surface area (Å²) in [6.07, 6.45) is 5.46. The Balaban J connectivity index is 1.50. The fourth-order valence-corrected chi connectivity index (χ4v) is 5.42. The predicted molar refractivity (Wildman–Crippen MR) is 104 cm³/mol. The number of hydrogen-bond donors (Lipinski definition) is 1. The van der Waals surface area contributed by atoms with Gasteiger partial charge in [-0.05, 0) is 37.2 Å². The molecule has 2 amide bonds. The number of nitrogens with zero attached hydrogens (tertiary/aromatic N) is 4. The maximum absolute atomic E-state index is 12.8. The number of methoxy groups -OCH3 is 1. The third-order valence-corrected chi connectivity index (χ3v) is 6.71. The lowest BCUT2D eigenvalue weighted by molar-refractivity contribution is -0.152. The quantitative estimate of drug-likeness (QED) is 0.766. The minimum atomic E-state index is -0.129. The molecule has 3 aliphatic rings. The molecule has 0 spiro atoms. The van der Waals surface area contributed by atoms with Gasteiger partial charge in [-0.2, -0.15) is 5.10 Å². The van der Waals surface area contributed by atoms with Crippen LogP contribution >= 0.6 is 0 Å². The molecule has 4 atom stereocenters. The largest absolute Gasteiger partial charge is 0.383 e. The molecule has 0 radical (unpaired) electrons. The molecule has 1 aromatic heterocycles. The molecule has 0 aliphatic carbocycles. The van der Waals surface area contributed by atoms with E-state index >= 15 is 0 Å². The van der Waals surface area contributed by atoms with Crippen LogP contribution in [0.1, 0.15) is 36.2 Å². The monoisotopic (exact) mass is 389 g/mol. The number of piperidine rings is 3. The number of hydrogen-bond acceptors (Lipinski definition) is 5. The van der Waals surface area contributed by atoms with E-state index in [-0.39, 0.29) is 17.9 Å². The molecule has 1 aromatic rings. The number of amides is 2. The van der Waals surface area contributed by atoms with Crippen LogP contribution in [-0.2, 0) is 16.6 Å². The molecule has 4 heterocycles. The Morgan fingerprint density at radius 2 is 2.18 bits per heavy atom. The normalized spacial score (nSPS) is 30.2. The lowest BCUT2D eigenvalue weighted by atomic mass is 9.72. The van der Waals surface area contributed by atoms with Crippen molar-refractivity contribution in [2.24, 2.45) is 18.9 Å². The molecule has 0 unspecified atom stereocenters. The van der Waals surface area contributed by atoms with Gasteiger partial charge in [-0.25, -0.2) is 0 Å². The molecule has 2 bridgehead atoms. The summed E-state index contributed by atoms with van der Waals surface area (Å²) in [5.41, 5.74) is 0.542. The molecule has 0 aromatic carbocycles. The van der Waals surface area contributed by atoms with E-state index in [0.29, 0.717) is 36.5 Å². The summed E-state index contributed by atoms with van der Waals surface area (Å²) in [5.74, 6) is 1.05. The van der Waals surface area contributed by atoms with Gasteiger partial charge in [0.25, 0.3) is 5.91 Å². The Morgan fingerprint density at radius 1 is 1.36 bits per heavy atom. The van der Waals surface area contributed by atoms with Gasteiger partial charge in [-0.15, -0.1) is 0 Å². The molecule has 154 valence electrons. The van der Waals surface area contributed by atoms with E-state index in [0.717, 1.165) is 45.5 Å². The van der Waals surface area contributed by atoms with Crippen molar-refractivity contribution in [3.63, 3.8) is 0 Å². The van der Waals surface area contributed by atoms with Gasteiger partial charge in [-0.1, -0.05) is 0 Å². The first-order chi connectivity index (χ1) is 13.6. The molecule has 8 heteroatoms. The van der Waals surface area contributed by atoms with Crippen molar-refractivity contribution in [1.82, 2.24) is 24.9 Å². The highest BCUT2D eigenvalue weighted by atomic mass is 16.5. The van der Waals surface area contributed by atoms with Crippen LogP contribution in [0, 0.1) is 11.8 Å². The highest BCUT2D eigenvalue weighted by molar-refractivity contribution is 5.92. The van der Waals surface area contributed by atoms with Crippen molar-refractivity contribution < 1.29 is 14.3 Å². The molecule has 1 N–H and O–H groups in total. The van der Waals surface area contributed by atoms with Crippen LogP contribution in [0.3, 0.4) is 0 Å². The standard InChI is InChI=1S/C20H31N5O3/c1-23-17(6-7-22-23)20(27)21-11-18-15-10-14(12-24(13-15)8-9-28-2)16-4-3-5-19(26)25(16)18/h6-7,14-16,18H,3-5,8-13H2,1-2H3,(H,21,27)/t14-,15+,16+,18+/m1/s1. The number of carbonyl (C=O) groups is 2. The molecule has 3 fully saturated rings.